The summed E-state index contributed by atoms with van der Waals surface area (Å²) in [6.07, 6.45) is 4.02. The molecule has 11 heteroatoms. The van der Waals surface area contributed by atoms with Gasteiger partial charge < -0.3 is 34.3 Å². The molecule has 234 valence electrons. The van der Waals surface area contributed by atoms with Crippen molar-refractivity contribution in [2.75, 3.05) is 38.2 Å². The molecule has 4 N–H and O–H groups in total. The molecule has 5 rings (SSSR count). The van der Waals surface area contributed by atoms with Crippen LogP contribution in [-0.4, -0.2) is 71.8 Å². The fraction of sp³-hybridized carbons (Fsp3) is 0.562. The van der Waals surface area contributed by atoms with Crippen molar-refractivity contribution >= 4 is 17.5 Å². The van der Waals surface area contributed by atoms with Crippen molar-refractivity contribution in [1.82, 2.24) is 10.4 Å². The number of anilines is 1. The van der Waals surface area contributed by atoms with E-state index in [1.165, 1.54) is 0 Å². The maximum absolute atomic E-state index is 12.6. The number of likely N-dealkylation sites (tertiary alicyclic amines) is 1. The topological polar surface area (TPSA) is 139 Å². The van der Waals surface area contributed by atoms with Gasteiger partial charge >= 0.3 is 0 Å². The van der Waals surface area contributed by atoms with Gasteiger partial charge in [0.25, 0.3) is 0 Å². The second kappa shape index (κ2) is 15.2. The number of amides is 2. The SMILES string of the molecule is O=C(CCCCCC(=O)Nc1cccc(C2OC(CN3CCC4(CC3)OCCO4)CC(c3ccc(CO)cc3)O2)c1)NO. The van der Waals surface area contributed by atoms with Gasteiger partial charge in [-0.2, -0.15) is 0 Å². The Kier molecular flexibility index (Phi) is 11.1. The van der Waals surface area contributed by atoms with E-state index in [1.54, 1.807) is 5.48 Å². The van der Waals surface area contributed by atoms with E-state index in [2.05, 4.69) is 10.2 Å². The number of hydrogen-bond acceptors (Lipinski definition) is 9. The lowest BCUT2D eigenvalue weighted by atomic mass is 9.98. The van der Waals surface area contributed by atoms with E-state index < -0.39 is 18.0 Å². The van der Waals surface area contributed by atoms with E-state index in [0.717, 1.165) is 49.2 Å². The van der Waals surface area contributed by atoms with Gasteiger partial charge in [0.15, 0.2) is 12.1 Å². The molecule has 0 radical (unpaired) electrons. The summed E-state index contributed by atoms with van der Waals surface area (Å²) in [6.45, 7) is 3.81. The standard InChI is InChI=1S/C32H43N3O8/c36-22-23-9-11-24(12-10-23)28-20-27(21-35-15-13-32(14-16-35)40-17-18-41-32)42-31(43-28)25-5-4-6-26(19-25)33-29(37)7-2-1-3-8-30(38)34-39/h4-6,9-12,19,27-28,31,36,39H,1-3,7-8,13-18,20-22H2,(H,33,37)(H,34,38). The van der Waals surface area contributed by atoms with E-state index in [0.29, 0.717) is 51.0 Å². The summed E-state index contributed by atoms with van der Waals surface area (Å²) in [5.41, 5.74) is 4.98. The molecule has 1 spiro atoms. The van der Waals surface area contributed by atoms with Crippen molar-refractivity contribution in [3.05, 3.63) is 65.2 Å². The first-order valence-corrected chi connectivity index (χ1v) is 15.3. The van der Waals surface area contributed by atoms with Crippen LogP contribution in [0.3, 0.4) is 0 Å². The molecule has 3 atom stereocenters. The average Bonchev–Trinajstić information content (AvgIpc) is 3.50. The number of aliphatic hydroxyl groups excluding tert-OH is 1. The monoisotopic (exact) mass is 597 g/mol. The maximum atomic E-state index is 12.6. The Hall–Kier alpha value is -2.90. The van der Waals surface area contributed by atoms with Crippen LogP contribution in [0, 0.1) is 0 Å². The van der Waals surface area contributed by atoms with E-state index in [4.69, 9.17) is 24.2 Å². The fourth-order valence-corrected chi connectivity index (χ4v) is 5.97. The summed E-state index contributed by atoms with van der Waals surface area (Å²) < 4.78 is 24.8. The molecule has 3 saturated heterocycles. The number of hydroxylamine groups is 1. The average molecular weight is 598 g/mol. The normalized spacial score (nSPS) is 23.7. The van der Waals surface area contributed by atoms with Crippen LogP contribution in [0.15, 0.2) is 48.5 Å². The van der Waals surface area contributed by atoms with Crippen molar-refractivity contribution < 1.29 is 38.9 Å². The minimum Gasteiger partial charge on any atom is -0.392 e. The largest absolute Gasteiger partial charge is 0.392 e. The summed E-state index contributed by atoms with van der Waals surface area (Å²) in [5, 5.41) is 21.0. The third kappa shape index (κ3) is 8.82. The number of nitrogens with one attached hydrogen (secondary N) is 2. The van der Waals surface area contributed by atoms with E-state index in [1.807, 2.05) is 48.5 Å². The molecule has 11 nitrogen and oxygen atoms in total. The number of carbonyl (C=O) groups excluding carboxylic acids is 2. The molecule has 0 bridgehead atoms. The minimum absolute atomic E-state index is 0.0105. The summed E-state index contributed by atoms with van der Waals surface area (Å²) >= 11 is 0. The highest BCUT2D eigenvalue weighted by Crippen LogP contribution is 2.39. The van der Waals surface area contributed by atoms with Crippen molar-refractivity contribution in [2.24, 2.45) is 0 Å². The molecule has 0 aliphatic carbocycles. The van der Waals surface area contributed by atoms with Gasteiger partial charge in [-0.1, -0.05) is 42.8 Å². The number of benzene rings is 2. The molecule has 0 aromatic heterocycles. The Morgan fingerprint density at radius 2 is 1.63 bits per heavy atom. The lowest BCUT2D eigenvalue weighted by Crippen LogP contribution is -2.48. The number of rotatable bonds is 12. The van der Waals surface area contributed by atoms with Gasteiger partial charge in [0, 0.05) is 63.0 Å². The number of carbonyl (C=O) groups is 2. The van der Waals surface area contributed by atoms with Crippen LogP contribution in [-0.2, 0) is 35.1 Å². The zero-order valence-corrected chi connectivity index (χ0v) is 24.5. The van der Waals surface area contributed by atoms with Crippen LogP contribution in [0.5, 0.6) is 0 Å². The van der Waals surface area contributed by atoms with Crippen LogP contribution < -0.4 is 10.8 Å². The maximum Gasteiger partial charge on any atom is 0.243 e. The molecule has 43 heavy (non-hydrogen) atoms. The zero-order valence-electron chi connectivity index (χ0n) is 24.5. The molecule has 3 aliphatic heterocycles. The van der Waals surface area contributed by atoms with Crippen LogP contribution in [0.2, 0.25) is 0 Å². The van der Waals surface area contributed by atoms with Crippen molar-refractivity contribution in [3.63, 3.8) is 0 Å². The van der Waals surface area contributed by atoms with E-state index in [-0.39, 0.29) is 31.1 Å². The molecule has 3 fully saturated rings. The van der Waals surface area contributed by atoms with E-state index in [9.17, 15) is 14.7 Å². The Labute approximate surface area is 252 Å². The third-order valence-corrected chi connectivity index (χ3v) is 8.38. The summed E-state index contributed by atoms with van der Waals surface area (Å²) in [6, 6.07) is 15.4. The second-order valence-corrected chi connectivity index (χ2v) is 11.5. The highest BCUT2D eigenvalue weighted by atomic mass is 16.7. The second-order valence-electron chi connectivity index (χ2n) is 11.5. The Bertz CT molecular complexity index is 1190. The molecule has 3 aliphatic rings. The zero-order chi connectivity index (χ0) is 30.1. The molecule has 0 saturated carbocycles. The summed E-state index contributed by atoms with van der Waals surface area (Å²) in [7, 11) is 0. The highest BCUT2D eigenvalue weighted by Gasteiger charge is 2.41. The van der Waals surface area contributed by atoms with Gasteiger partial charge in [-0.05, 0) is 36.1 Å². The highest BCUT2D eigenvalue weighted by molar-refractivity contribution is 5.90. The van der Waals surface area contributed by atoms with Crippen LogP contribution >= 0.6 is 0 Å². The van der Waals surface area contributed by atoms with Crippen LogP contribution in [0.1, 0.15) is 80.5 Å². The molecule has 2 amide bonds. The molecular formula is C32H43N3O8. The summed E-state index contributed by atoms with van der Waals surface area (Å²) in [4.78, 5) is 26.1. The van der Waals surface area contributed by atoms with Crippen LogP contribution in [0.25, 0.3) is 0 Å². The predicted molar refractivity (Wildman–Crippen MR) is 157 cm³/mol. The van der Waals surface area contributed by atoms with Gasteiger partial charge in [-0.25, -0.2) is 5.48 Å². The van der Waals surface area contributed by atoms with Gasteiger partial charge in [-0.3, -0.25) is 14.8 Å². The number of ether oxygens (including phenoxy) is 4. The van der Waals surface area contributed by atoms with Gasteiger partial charge in [0.1, 0.15) is 0 Å². The molecule has 3 heterocycles. The number of unbranched alkanes of at least 4 members (excludes halogenated alkanes) is 2. The molecule has 2 aromatic carbocycles. The molecule has 3 unspecified atom stereocenters. The van der Waals surface area contributed by atoms with Crippen molar-refractivity contribution in [2.45, 2.75) is 82.3 Å². The minimum atomic E-state index is -0.617. The number of aliphatic hydroxyl groups is 1. The van der Waals surface area contributed by atoms with Gasteiger partial charge in [-0.15, -0.1) is 0 Å². The lowest BCUT2D eigenvalue weighted by Gasteiger charge is -2.41. The first-order chi connectivity index (χ1) is 20.9. The summed E-state index contributed by atoms with van der Waals surface area (Å²) in [5.74, 6) is -0.946. The quantitative estimate of drug-likeness (QED) is 0.163. The van der Waals surface area contributed by atoms with Gasteiger partial charge in [0.05, 0.1) is 32.0 Å². The fourth-order valence-electron chi connectivity index (χ4n) is 5.97. The third-order valence-electron chi connectivity index (χ3n) is 8.38. The lowest BCUT2D eigenvalue weighted by molar-refractivity contribution is -0.255. The number of hydrogen-bond donors (Lipinski definition) is 4. The van der Waals surface area contributed by atoms with Crippen molar-refractivity contribution in [3.8, 4) is 0 Å². The number of nitrogens with zero attached hydrogens (tertiary/aromatic N) is 1. The smallest absolute Gasteiger partial charge is 0.243 e. The molecule has 2 aromatic rings. The van der Waals surface area contributed by atoms with E-state index >= 15 is 0 Å². The van der Waals surface area contributed by atoms with Gasteiger partial charge in [0.2, 0.25) is 11.8 Å². The van der Waals surface area contributed by atoms with Crippen molar-refractivity contribution in [1.29, 1.82) is 0 Å². The predicted octanol–water partition coefficient (Wildman–Crippen LogP) is 3.96. The Balaban J connectivity index is 1.21. The first-order valence-electron chi connectivity index (χ1n) is 15.3. The first kappa shape index (κ1) is 31.5. The number of piperidine rings is 1. The Morgan fingerprint density at radius 3 is 2.33 bits per heavy atom. The Morgan fingerprint density at radius 1 is 0.907 bits per heavy atom. The van der Waals surface area contributed by atoms with Crippen LogP contribution in [0.4, 0.5) is 5.69 Å². The molecular weight excluding hydrogens is 554 g/mol.